The zero-order chi connectivity index (χ0) is 14.8. The maximum absolute atomic E-state index is 12.5. The van der Waals surface area contributed by atoms with E-state index in [9.17, 15) is 10.1 Å². The molecule has 0 aliphatic rings. The zero-order valence-electron chi connectivity index (χ0n) is 11.4. The van der Waals surface area contributed by atoms with Gasteiger partial charge in [0.2, 0.25) is 5.78 Å². The number of carbonyl (C=O) groups is 1. The van der Waals surface area contributed by atoms with Crippen LogP contribution < -0.4 is 0 Å². The maximum atomic E-state index is 12.5. The third kappa shape index (κ3) is 2.41. The second-order valence-corrected chi connectivity index (χ2v) is 4.83. The number of hydrogen-bond acceptors (Lipinski definition) is 4. The molecule has 2 heterocycles. The number of Topliss-reactive ketones (excluding diaryl/α,β-unsaturated/α-hetero) is 1. The lowest BCUT2D eigenvalue weighted by atomic mass is 9.99. The average Bonchev–Trinajstić information content (AvgIpc) is 2.92. The van der Waals surface area contributed by atoms with Crippen LogP contribution in [0.5, 0.6) is 0 Å². The summed E-state index contributed by atoms with van der Waals surface area (Å²) >= 11 is 0. The van der Waals surface area contributed by atoms with E-state index in [0.29, 0.717) is 11.3 Å². The molecule has 0 N–H and O–H groups in total. The maximum Gasteiger partial charge on any atom is 0.221 e. The molecular formula is C17H12N2O2. The zero-order valence-corrected chi connectivity index (χ0v) is 11.4. The number of ketones is 1. The Bertz CT molecular complexity index is 844. The number of pyridine rings is 1. The first-order chi connectivity index (χ1) is 10.2. The van der Waals surface area contributed by atoms with E-state index in [1.165, 1.54) is 0 Å². The topological polar surface area (TPSA) is 66.9 Å². The van der Waals surface area contributed by atoms with Crippen molar-refractivity contribution in [2.24, 2.45) is 0 Å². The van der Waals surface area contributed by atoms with Crippen LogP contribution in [-0.2, 0) is 0 Å². The molecule has 2 aromatic heterocycles. The van der Waals surface area contributed by atoms with Crippen LogP contribution in [0.3, 0.4) is 0 Å². The highest BCUT2D eigenvalue weighted by molar-refractivity contribution is 6.03. The highest BCUT2D eigenvalue weighted by Crippen LogP contribution is 2.25. The predicted octanol–water partition coefficient (Wildman–Crippen LogP) is 3.63. The standard InChI is InChI=1S/C17H12N2O2/c1-11-5-6-15-12(8-11)9-16(21-15)17(20)13(10-18)14-4-2-3-7-19-14/h2-9,13H,1H3. The molecule has 0 aliphatic carbocycles. The fraction of sp³-hybridized carbons (Fsp3) is 0.118. The number of fused-ring (bicyclic) bond motifs is 1. The fourth-order valence-electron chi connectivity index (χ4n) is 2.23. The van der Waals surface area contributed by atoms with Gasteiger partial charge in [0.25, 0.3) is 0 Å². The lowest BCUT2D eigenvalue weighted by Gasteiger charge is -2.04. The van der Waals surface area contributed by atoms with Crippen LogP contribution >= 0.6 is 0 Å². The summed E-state index contributed by atoms with van der Waals surface area (Å²) in [5, 5.41) is 10.1. The highest BCUT2D eigenvalue weighted by Gasteiger charge is 2.25. The van der Waals surface area contributed by atoms with Gasteiger partial charge in [-0.2, -0.15) is 5.26 Å². The molecule has 1 unspecified atom stereocenters. The van der Waals surface area contributed by atoms with Crippen molar-refractivity contribution >= 4 is 16.8 Å². The van der Waals surface area contributed by atoms with Crippen molar-refractivity contribution in [3.8, 4) is 6.07 Å². The Morgan fingerprint density at radius 2 is 2.14 bits per heavy atom. The summed E-state index contributed by atoms with van der Waals surface area (Å²) in [5.74, 6) is -1.13. The minimum atomic E-state index is -0.951. The van der Waals surface area contributed by atoms with Crippen LogP contribution in [-0.4, -0.2) is 10.8 Å². The van der Waals surface area contributed by atoms with Gasteiger partial charge in [0.1, 0.15) is 5.58 Å². The Labute approximate surface area is 121 Å². The third-order valence-electron chi connectivity index (χ3n) is 3.29. The summed E-state index contributed by atoms with van der Waals surface area (Å²) in [6.07, 6.45) is 1.56. The van der Waals surface area contributed by atoms with E-state index in [2.05, 4.69) is 4.98 Å². The molecule has 0 saturated heterocycles. The summed E-state index contributed by atoms with van der Waals surface area (Å²) < 4.78 is 5.56. The van der Waals surface area contributed by atoms with E-state index < -0.39 is 5.92 Å². The van der Waals surface area contributed by atoms with Gasteiger partial charge in [-0.1, -0.05) is 17.7 Å². The fourth-order valence-corrected chi connectivity index (χ4v) is 2.23. The van der Waals surface area contributed by atoms with Gasteiger partial charge in [0.05, 0.1) is 11.8 Å². The molecule has 1 aromatic carbocycles. The number of benzene rings is 1. The van der Waals surface area contributed by atoms with Gasteiger partial charge in [0, 0.05) is 11.6 Å². The number of furan rings is 1. The number of hydrogen-bond donors (Lipinski definition) is 0. The number of carbonyl (C=O) groups excluding carboxylic acids is 1. The van der Waals surface area contributed by atoms with Crippen molar-refractivity contribution in [2.75, 3.05) is 0 Å². The Balaban J connectivity index is 2.01. The molecular weight excluding hydrogens is 264 g/mol. The van der Waals surface area contributed by atoms with Gasteiger partial charge in [-0.25, -0.2) is 0 Å². The average molecular weight is 276 g/mol. The number of rotatable bonds is 3. The first kappa shape index (κ1) is 13.1. The summed E-state index contributed by atoms with van der Waals surface area (Å²) in [5.41, 5.74) is 2.16. The SMILES string of the molecule is Cc1ccc2oc(C(=O)C(C#N)c3ccccn3)cc2c1. The normalized spacial score (nSPS) is 12.0. The largest absolute Gasteiger partial charge is 0.453 e. The number of nitrogens with zero attached hydrogens (tertiary/aromatic N) is 2. The molecule has 0 saturated carbocycles. The van der Waals surface area contributed by atoms with Crippen molar-refractivity contribution in [2.45, 2.75) is 12.8 Å². The Kier molecular flexibility index (Phi) is 3.25. The molecule has 4 heteroatoms. The van der Waals surface area contributed by atoms with Crippen LogP contribution in [0.4, 0.5) is 0 Å². The molecule has 3 rings (SSSR count). The predicted molar refractivity (Wildman–Crippen MR) is 77.9 cm³/mol. The minimum Gasteiger partial charge on any atom is -0.453 e. The van der Waals surface area contributed by atoms with Gasteiger partial charge in [-0.15, -0.1) is 0 Å². The Morgan fingerprint density at radius 3 is 2.86 bits per heavy atom. The van der Waals surface area contributed by atoms with E-state index in [-0.39, 0.29) is 11.5 Å². The molecule has 0 aliphatic heterocycles. The molecule has 0 spiro atoms. The molecule has 21 heavy (non-hydrogen) atoms. The molecule has 0 radical (unpaired) electrons. The third-order valence-corrected chi connectivity index (χ3v) is 3.29. The molecule has 3 aromatic rings. The highest BCUT2D eigenvalue weighted by atomic mass is 16.3. The van der Waals surface area contributed by atoms with Crippen molar-refractivity contribution in [1.29, 1.82) is 5.26 Å². The minimum absolute atomic E-state index is 0.188. The lowest BCUT2D eigenvalue weighted by molar-refractivity contribution is 0.0952. The molecule has 4 nitrogen and oxygen atoms in total. The van der Waals surface area contributed by atoms with Crippen LogP contribution in [0.25, 0.3) is 11.0 Å². The molecule has 0 bridgehead atoms. The van der Waals surface area contributed by atoms with Crippen LogP contribution in [0.1, 0.15) is 27.7 Å². The van der Waals surface area contributed by atoms with Gasteiger partial charge in [0.15, 0.2) is 11.7 Å². The quantitative estimate of drug-likeness (QED) is 0.685. The smallest absolute Gasteiger partial charge is 0.221 e. The van der Waals surface area contributed by atoms with Gasteiger partial charge < -0.3 is 4.42 Å². The van der Waals surface area contributed by atoms with Crippen molar-refractivity contribution < 1.29 is 9.21 Å². The number of aromatic nitrogens is 1. The summed E-state index contributed by atoms with van der Waals surface area (Å²) in [7, 11) is 0. The number of nitriles is 1. The van der Waals surface area contributed by atoms with E-state index in [1.54, 1.807) is 30.5 Å². The van der Waals surface area contributed by atoms with Gasteiger partial charge >= 0.3 is 0 Å². The summed E-state index contributed by atoms with van der Waals surface area (Å²) in [4.78, 5) is 16.6. The number of aryl methyl sites for hydroxylation is 1. The Morgan fingerprint density at radius 1 is 1.29 bits per heavy atom. The van der Waals surface area contributed by atoms with Crippen molar-refractivity contribution in [3.63, 3.8) is 0 Å². The van der Waals surface area contributed by atoms with E-state index in [4.69, 9.17) is 4.42 Å². The molecule has 0 fully saturated rings. The van der Waals surface area contributed by atoms with E-state index in [0.717, 1.165) is 10.9 Å². The van der Waals surface area contributed by atoms with E-state index >= 15 is 0 Å². The molecule has 102 valence electrons. The second-order valence-electron chi connectivity index (χ2n) is 4.83. The van der Waals surface area contributed by atoms with E-state index in [1.807, 2.05) is 31.2 Å². The summed E-state index contributed by atoms with van der Waals surface area (Å²) in [6.45, 7) is 1.97. The summed E-state index contributed by atoms with van der Waals surface area (Å²) in [6, 6.07) is 14.5. The van der Waals surface area contributed by atoms with Gasteiger partial charge in [-0.05, 0) is 37.3 Å². The van der Waals surface area contributed by atoms with Gasteiger partial charge in [-0.3, -0.25) is 9.78 Å². The first-order valence-corrected chi connectivity index (χ1v) is 6.54. The molecule has 1 atom stereocenters. The van der Waals surface area contributed by atoms with Crippen LogP contribution in [0, 0.1) is 18.3 Å². The lowest BCUT2D eigenvalue weighted by Crippen LogP contribution is -2.11. The monoisotopic (exact) mass is 276 g/mol. The van der Waals surface area contributed by atoms with Crippen molar-refractivity contribution in [3.05, 3.63) is 65.7 Å². The van der Waals surface area contributed by atoms with Crippen LogP contribution in [0.15, 0.2) is 53.1 Å². The second kappa shape index (κ2) is 5.22. The first-order valence-electron chi connectivity index (χ1n) is 6.54. The molecule has 0 amide bonds. The Hall–Kier alpha value is -2.93. The van der Waals surface area contributed by atoms with Crippen LogP contribution in [0.2, 0.25) is 0 Å². The van der Waals surface area contributed by atoms with Crippen molar-refractivity contribution in [1.82, 2.24) is 4.98 Å².